The van der Waals surface area contributed by atoms with Gasteiger partial charge in [0, 0.05) is 18.5 Å². The van der Waals surface area contributed by atoms with Crippen molar-refractivity contribution in [3.63, 3.8) is 0 Å². The average Bonchev–Trinajstić information content (AvgIpc) is 2.73. The molecular formula is C14H23NO6. The third kappa shape index (κ3) is 4.34. The van der Waals surface area contributed by atoms with Crippen LogP contribution in [0.3, 0.4) is 0 Å². The Morgan fingerprint density at radius 1 is 1.19 bits per heavy atom. The van der Waals surface area contributed by atoms with E-state index in [9.17, 15) is 14.4 Å². The van der Waals surface area contributed by atoms with Crippen LogP contribution < -0.4 is 0 Å². The van der Waals surface area contributed by atoms with E-state index in [1.165, 1.54) is 4.90 Å². The van der Waals surface area contributed by atoms with Crippen LogP contribution in [0.1, 0.15) is 40.5 Å². The second kappa shape index (κ2) is 6.32. The summed E-state index contributed by atoms with van der Waals surface area (Å²) in [5.41, 5.74) is -0.646. The molecule has 0 aromatic heterocycles. The molecule has 0 radical (unpaired) electrons. The fraction of sp³-hybridized carbons (Fsp3) is 0.786. The number of hydrogen-bond acceptors (Lipinski definition) is 4. The van der Waals surface area contributed by atoms with Crippen LogP contribution in [-0.4, -0.2) is 51.3 Å². The van der Waals surface area contributed by atoms with E-state index in [2.05, 4.69) is 0 Å². The summed E-state index contributed by atoms with van der Waals surface area (Å²) in [6.07, 6.45) is 0.767. The van der Waals surface area contributed by atoms with Gasteiger partial charge in [0.1, 0.15) is 5.60 Å². The summed E-state index contributed by atoms with van der Waals surface area (Å²) in [5, 5.41) is 18.1. The Morgan fingerprint density at radius 3 is 2.14 bits per heavy atom. The Hall–Kier alpha value is -1.79. The molecule has 1 fully saturated rings. The number of carbonyl (C=O) groups excluding carboxylic acids is 1. The Labute approximate surface area is 123 Å². The van der Waals surface area contributed by atoms with Crippen molar-refractivity contribution in [3.05, 3.63) is 0 Å². The van der Waals surface area contributed by atoms with Crippen LogP contribution in [0.25, 0.3) is 0 Å². The number of rotatable bonds is 4. The number of amides is 1. The molecule has 0 bridgehead atoms. The zero-order valence-electron chi connectivity index (χ0n) is 12.8. The highest BCUT2D eigenvalue weighted by Crippen LogP contribution is 2.30. The van der Waals surface area contributed by atoms with E-state index in [1.807, 2.05) is 0 Å². The topological polar surface area (TPSA) is 104 Å². The Morgan fingerprint density at radius 2 is 1.71 bits per heavy atom. The standard InChI is InChI=1S/C14H23NO6/c1-8(10(11(16)17)12(18)19)9-6-5-7-15(9)13(20)21-14(2,3)4/h8-10H,5-7H2,1-4H3,(H,16,17)(H,18,19). The van der Waals surface area contributed by atoms with E-state index in [0.29, 0.717) is 19.4 Å². The molecule has 1 heterocycles. The second-order valence-corrected chi connectivity index (χ2v) is 6.40. The van der Waals surface area contributed by atoms with Crippen molar-refractivity contribution in [1.82, 2.24) is 4.90 Å². The zero-order chi connectivity index (χ0) is 16.4. The summed E-state index contributed by atoms with van der Waals surface area (Å²) in [4.78, 5) is 35.9. The second-order valence-electron chi connectivity index (χ2n) is 6.40. The molecule has 2 N–H and O–H groups in total. The summed E-state index contributed by atoms with van der Waals surface area (Å²) in [7, 11) is 0. The van der Waals surface area contributed by atoms with E-state index in [4.69, 9.17) is 14.9 Å². The Balaban J connectivity index is 2.87. The minimum Gasteiger partial charge on any atom is -0.481 e. The van der Waals surface area contributed by atoms with E-state index in [-0.39, 0.29) is 0 Å². The first-order valence-electron chi connectivity index (χ1n) is 7.00. The number of nitrogens with zero attached hydrogens (tertiary/aromatic N) is 1. The number of ether oxygens (including phenoxy) is 1. The molecule has 1 amide bonds. The molecule has 0 aliphatic carbocycles. The van der Waals surface area contributed by atoms with Gasteiger partial charge < -0.3 is 19.8 Å². The van der Waals surface area contributed by atoms with Crippen LogP contribution >= 0.6 is 0 Å². The first-order chi connectivity index (χ1) is 9.54. The summed E-state index contributed by atoms with van der Waals surface area (Å²) in [6.45, 7) is 7.25. The molecular weight excluding hydrogens is 278 g/mol. The molecule has 120 valence electrons. The van der Waals surface area contributed by atoms with Gasteiger partial charge in [-0.2, -0.15) is 0 Å². The maximum Gasteiger partial charge on any atom is 0.410 e. The van der Waals surface area contributed by atoms with Crippen LogP contribution in [0.2, 0.25) is 0 Å². The Bertz CT molecular complexity index is 414. The highest BCUT2D eigenvalue weighted by molar-refractivity contribution is 5.93. The summed E-state index contributed by atoms with van der Waals surface area (Å²) in [5.74, 6) is -4.98. The first kappa shape index (κ1) is 17.3. The number of aliphatic carboxylic acids is 2. The summed E-state index contributed by atoms with van der Waals surface area (Å²) < 4.78 is 5.29. The smallest absolute Gasteiger partial charge is 0.410 e. The lowest BCUT2D eigenvalue weighted by Gasteiger charge is -2.32. The first-order valence-corrected chi connectivity index (χ1v) is 7.00. The lowest BCUT2D eigenvalue weighted by Crippen LogP contribution is -2.46. The fourth-order valence-electron chi connectivity index (χ4n) is 2.66. The van der Waals surface area contributed by atoms with Gasteiger partial charge in [-0.25, -0.2) is 4.79 Å². The number of carboxylic acid groups (broad SMARTS) is 2. The number of carbonyl (C=O) groups is 3. The van der Waals surface area contributed by atoms with Gasteiger partial charge in [0.25, 0.3) is 0 Å². The van der Waals surface area contributed by atoms with Crippen LogP contribution in [-0.2, 0) is 14.3 Å². The third-order valence-electron chi connectivity index (χ3n) is 3.59. The Kier molecular flexibility index (Phi) is 5.20. The molecule has 2 atom stereocenters. The van der Waals surface area contributed by atoms with Crippen molar-refractivity contribution in [2.24, 2.45) is 11.8 Å². The van der Waals surface area contributed by atoms with Crippen molar-refractivity contribution in [2.75, 3.05) is 6.54 Å². The maximum absolute atomic E-state index is 12.1. The lowest BCUT2D eigenvalue weighted by atomic mass is 9.86. The van der Waals surface area contributed by atoms with Crippen LogP contribution in [0.15, 0.2) is 0 Å². The van der Waals surface area contributed by atoms with Crippen molar-refractivity contribution >= 4 is 18.0 Å². The molecule has 21 heavy (non-hydrogen) atoms. The van der Waals surface area contributed by atoms with E-state index >= 15 is 0 Å². The molecule has 0 spiro atoms. The highest BCUT2D eigenvalue weighted by Gasteiger charge is 2.43. The van der Waals surface area contributed by atoms with Gasteiger partial charge in [0.2, 0.25) is 0 Å². The minimum absolute atomic E-state index is 0.433. The molecule has 0 aromatic rings. The quantitative estimate of drug-likeness (QED) is 0.767. The van der Waals surface area contributed by atoms with Crippen LogP contribution in [0.4, 0.5) is 4.79 Å². The van der Waals surface area contributed by atoms with Gasteiger partial charge in [-0.1, -0.05) is 6.92 Å². The minimum atomic E-state index is -1.53. The molecule has 1 aliphatic heterocycles. The van der Waals surface area contributed by atoms with Crippen molar-refractivity contribution < 1.29 is 29.3 Å². The van der Waals surface area contributed by atoms with E-state index < -0.39 is 41.5 Å². The summed E-state index contributed by atoms with van der Waals surface area (Å²) >= 11 is 0. The van der Waals surface area contributed by atoms with E-state index in [1.54, 1.807) is 27.7 Å². The van der Waals surface area contributed by atoms with Crippen molar-refractivity contribution in [2.45, 2.75) is 52.2 Å². The van der Waals surface area contributed by atoms with Crippen molar-refractivity contribution in [3.8, 4) is 0 Å². The maximum atomic E-state index is 12.1. The summed E-state index contributed by atoms with van der Waals surface area (Å²) in [6, 6.07) is -0.433. The molecule has 2 unspecified atom stereocenters. The van der Waals surface area contributed by atoms with Gasteiger partial charge in [-0.15, -0.1) is 0 Å². The third-order valence-corrected chi connectivity index (χ3v) is 3.59. The SMILES string of the molecule is CC(C(C(=O)O)C(=O)O)C1CCCN1C(=O)OC(C)(C)C. The van der Waals surface area contributed by atoms with Gasteiger partial charge in [-0.05, 0) is 33.6 Å². The highest BCUT2D eigenvalue weighted by atomic mass is 16.6. The average molecular weight is 301 g/mol. The van der Waals surface area contributed by atoms with Crippen LogP contribution in [0, 0.1) is 11.8 Å². The number of likely N-dealkylation sites (tertiary alicyclic amines) is 1. The monoisotopic (exact) mass is 301 g/mol. The number of hydrogen-bond donors (Lipinski definition) is 2. The molecule has 1 rings (SSSR count). The van der Waals surface area contributed by atoms with Crippen molar-refractivity contribution in [1.29, 1.82) is 0 Å². The fourth-order valence-corrected chi connectivity index (χ4v) is 2.66. The lowest BCUT2D eigenvalue weighted by molar-refractivity contribution is -0.158. The van der Waals surface area contributed by atoms with Gasteiger partial charge in [0.05, 0.1) is 0 Å². The van der Waals surface area contributed by atoms with Gasteiger partial charge >= 0.3 is 18.0 Å². The molecule has 1 saturated heterocycles. The molecule has 1 aliphatic rings. The molecule has 7 heteroatoms. The van der Waals surface area contributed by atoms with Gasteiger partial charge in [0.15, 0.2) is 5.92 Å². The molecule has 0 aromatic carbocycles. The van der Waals surface area contributed by atoms with Crippen LogP contribution in [0.5, 0.6) is 0 Å². The largest absolute Gasteiger partial charge is 0.481 e. The normalized spacial score (nSPS) is 20.4. The number of carboxylic acids is 2. The predicted octanol–water partition coefficient (Wildman–Crippen LogP) is 1.81. The van der Waals surface area contributed by atoms with E-state index in [0.717, 1.165) is 0 Å². The van der Waals surface area contributed by atoms with Gasteiger partial charge in [-0.3, -0.25) is 9.59 Å². The molecule has 7 nitrogen and oxygen atoms in total. The predicted molar refractivity (Wildman–Crippen MR) is 73.9 cm³/mol. The zero-order valence-corrected chi connectivity index (χ0v) is 12.8. The molecule has 0 saturated carbocycles.